The molecule has 1 aliphatic rings. The van der Waals surface area contributed by atoms with Gasteiger partial charge in [0.15, 0.2) is 5.82 Å². The van der Waals surface area contributed by atoms with Crippen LogP contribution in [0.4, 0.5) is 11.6 Å². The first-order chi connectivity index (χ1) is 11.7. The highest BCUT2D eigenvalue weighted by Crippen LogP contribution is 2.20. The molecule has 2 aromatic heterocycles. The van der Waals surface area contributed by atoms with Crippen LogP contribution in [0.1, 0.15) is 18.5 Å². The van der Waals surface area contributed by atoms with Crippen molar-refractivity contribution < 1.29 is 4.79 Å². The van der Waals surface area contributed by atoms with E-state index in [0.29, 0.717) is 11.7 Å². The molecule has 124 valence electrons. The van der Waals surface area contributed by atoms with E-state index in [0.717, 1.165) is 43.9 Å². The molecule has 0 aliphatic carbocycles. The predicted octanol–water partition coefficient (Wildman–Crippen LogP) is 2.58. The molecule has 6 heteroatoms. The summed E-state index contributed by atoms with van der Waals surface area (Å²) in [7, 11) is 0. The van der Waals surface area contributed by atoms with Crippen LogP contribution in [-0.4, -0.2) is 39.1 Å². The number of pyridine rings is 1. The lowest BCUT2D eigenvalue weighted by atomic mass is 9.93. The summed E-state index contributed by atoms with van der Waals surface area (Å²) in [6.45, 7) is 5.15. The average molecular weight is 323 g/mol. The molecule has 1 atom stereocenters. The lowest BCUT2D eigenvalue weighted by molar-refractivity contribution is -0.127. The van der Waals surface area contributed by atoms with Gasteiger partial charge in [0.1, 0.15) is 5.82 Å². The number of amides is 1. The molecule has 2 aromatic rings. The number of hydrogen-bond acceptors (Lipinski definition) is 5. The minimum Gasteiger partial charge on any atom is -0.339 e. The number of piperidine rings is 1. The maximum Gasteiger partial charge on any atom is 0.245 e. The van der Waals surface area contributed by atoms with Crippen molar-refractivity contribution in [2.45, 2.75) is 19.3 Å². The van der Waals surface area contributed by atoms with Gasteiger partial charge in [-0.25, -0.2) is 4.98 Å². The lowest BCUT2D eigenvalue weighted by Gasteiger charge is -2.31. The first kappa shape index (κ1) is 16.1. The standard InChI is InChI=1S/C18H21N5O/c1-2-18(24)23-11-5-6-14(13-23)12-15-8-9-17(22-21-15)20-16-7-3-4-10-19-16/h2-4,7-10,14H,1,5-6,11-13H2,(H,19,20,22)/t14-/m0/s1. The van der Waals surface area contributed by atoms with E-state index in [1.807, 2.05) is 35.2 Å². The van der Waals surface area contributed by atoms with E-state index >= 15 is 0 Å². The monoisotopic (exact) mass is 323 g/mol. The Kier molecular flexibility index (Phi) is 5.15. The summed E-state index contributed by atoms with van der Waals surface area (Å²) >= 11 is 0. The number of aromatic nitrogens is 3. The van der Waals surface area contributed by atoms with Gasteiger partial charge in [-0.3, -0.25) is 4.79 Å². The van der Waals surface area contributed by atoms with Crippen molar-refractivity contribution in [3.05, 3.63) is 54.9 Å². The summed E-state index contributed by atoms with van der Waals surface area (Å²) in [5.74, 6) is 1.85. The quantitative estimate of drug-likeness (QED) is 0.856. The van der Waals surface area contributed by atoms with Crippen LogP contribution in [0, 0.1) is 5.92 Å². The molecule has 1 fully saturated rings. The Morgan fingerprint density at radius 1 is 1.29 bits per heavy atom. The van der Waals surface area contributed by atoms with Gasteiger partial charge in [0, 0.05) is 19.3 Å². The Labute approximate surface area is 141 Å². The van der Waals surface area contributed by atoms with Gasteiger partial charge in [-0.15, -0.1) is 5.10 Å². The van der Waals surface area contributed by atoms with Crippen molar-refractivity contribution in [2.75, 3.05) is 18.4 Å². The first-order valence-corrected chi connectivity index (χ1v) is 8.16. The van der Waals surface area contributed by atoms with Gasteiger partial charge in [0.05, 0.1) is 5.69 Å². The fourth-order valence-electron chi connectivity index (χ4n) is 2.96. The van der Waals surface area contributed by atoms with E-state index in [-0.39, 0.29) is 5.91 Å². The maximum atomic E-state index is 11.7. The molecule has 1 N–H and O–H groups in total. The molecule has 6 nitrogen and oxygen atoms in total. The number of likely N-dealkylation sites (tertiary alicyclic amines) is 1. The normalized spacial score (nSPS) is 17.3. The summed E-state index contributed by atoms with van der Waals surface area (Å²) in [4.78, 5) is 17.8. The summed E-state index contributed by atoms with van der Waals surface area (Å²) < 4.78 is 0. The zero-order chi connectivity index (χ0) is 16.8. The third-order valence-corrected chi connectivity index (χ3v) is 4.14. The Hall–Kier alpha value is -2.76. The van der Waals surface area contributed by atoms with Gasteiger partial charge in [0.25, 0.3) is 0 Å². The molecule has 3 heterocycles. The number of hydrogen-bond donors (Lipinski definition) is 1. The molecule has 24 heavy (non-hydrogen) atoms. The number of nitrogens with zero attached hydrogens (tertiary/aromatic N) is 4. The molecule has 0 bridgehead atoms. The van der Waals surface area contributed by atoms with Crippen molar-refractivity contribution >= 4 is 17.5 Å². The summed E-state index contributed by atoms with van der Waals surface area (Å²) in [6.07, 6.45) is 6.08. The highest BCUT2D eigenvalue weighted by Gasteiger charge is 2.22. The molecule has 0 unspecified atom stereocenters. The SMILES string of the molecule is C=CC(=O)N1CCC[C@@H](Cc2ccc(Nc3ccccn3)nn2)C1. The highest BCUT2D eigenvalue weighted by atomic mass is 16.2. The van der Waals surface area contributed by atoms with Crippen LogP contribution in [-0.2, 0) is 11.2 Å². The first-order valence-electron chi connectivity index (χ1n) is 8.16. The second-order valence-electron chi connectivity index (χ2n) is 5.95. The second kappa shape index (κ2) is 7.68. The topological polar surface area (TPSA) is 71.0 Å². The fourth-order valence-corrected chi connectivity index (χ4v) is 2.96. The van der Waals surface area contributed by atoms with Crippen molar-refractivity contribution in [1.82, 2.24) is 20.1 Å². The Morgan fingerprint density at radius 3 is 2.92 bits per heavy atom. The minimum atomic E-state index is 0.0145. The van der Waals surface area contributed by atoms with Crippen molar-refractivity contribution in [2.24, 2.45) is 5.92 Å². The lowest BCUT2D eigenvalue weighted by Crippen LogP contribution is -2.39. The second-order valence-corrected chi connectivity index (χ2v) is 5.95. The number of rotatable bonds is 5. The number of carbonyl (C=O) groups excluding carboxylic acids is 1. The Bertz CT molecular complexity index is 686. The van der Waals surface area contributed by atoms with Crippen LogP contribution in [0.25, 0.3) is 0 Å². The van der Waals surface area contributed by atoms with E-state index in [1.54, 1.807) is 6.20 Å². The summed E-state index contributed by atoms with van der Waals surface area (Å²) in [6, 6.07) is 9.54. The minimum absolute atomic E-state index is 0.0145. The van der Waals surface area contributed by atoms with E-state index < -0.39 is 0 Å². The van der Waals surface area contributed by atoms with Gasteiger partial charge < -0.3 is 10.2 Å². The van der Waals surface area contributed by atoms with Gasteiger partial charge in [-0.2, -0.15) is 5.10 Å². The zero-order valence-electron chi connectivity index (χ0n) is 13.6. The number of nitrogens with one attached hydrogen (secondary N) is 1. The predicted molar refractivity (Wildman–Crippen MR) is 92.8 cm³/mol. The van der Waals surface area contributed by atoms with Crippen molar-refractivity contribution in [1.29, 1.82) is 0 Å². The van der Waals surface area contributed by atoms with Gasteiger partial charge in [0.2, 0.25) is 5.91 Å². The van der Waals surface area contributed by atoms with Crippen LogP contribution >= 0.6 is 0 Å². The Morgan fingerprint density at radius 2 is 2.21 bits per heavy atom. The molecule has 0 saturated carbocycles. The van der Waals surface area contributed by atoms with Crippen LogP contribution in [0.5, 0.6) is 0 Å². The maximum absolute atomic E-state index is 11.7. The van der Waals surface area contributed by atoms with Gasteiger partial charge in [-0.1, -0.05) is 12.6 Å². The third-order valence-electron chi connectivity index (χ3n) is 4.14. The number of carbonyl (C=O) groups is 1. The molecule has 1 aliphatic heterocycles. The highest BCUT2D eigenvalue weighted by molar-refractivity contribution is 5.87. The smallest absolute Gasteiger partial charge is 0.245 e. The van der Waals surface area contributed by atoms with Crippen LogP contribution in [0.2, 0.25) is 0 Å². The molecule has 0 radical (unpaired) electrons. The van der Waals surface area contributed by atoms with E-state index in [2.05, 4.69) is 27.1 Å². The summed E-state index contributed by atoms with van der Waals surface area (Å²) in [5.41, 5.74) is 0.944. The molecular weight excluding hydrogens is 302 g/mol. The fraction of sp³-hybridized carbons (Fsp3) is 0.333. The molecule has 3 rings (SSSR count). The van der Waals surface area contributed by atoms with Crippen molar-refractivity contribution in [3.63, 3.8) is 0 Å². The van der Waals surface area contributed by atoms with Crippen molar-refractivity contribution in [3.8, 4) is 0 Å². The molecule has 1 amide bonds. The van der Waals surface area contributed by atoms with E-state index in [1.165, 1.54) is 6.08 Å². The number of anilines is 2. The third kappa shape index (κ3) is 4.16. The molecule has 0 aromatic carbocycles. The van der Waals surface area contributed by atoms with E-state index in [4.69, 9.17) is 0 Å². The zero-order valence-corrected chi connectivity index (χ0v) is 13.6. The van der Waals surface area contributed by atoms with Crippen LogP contribution in [0.15, 0.2) is 49.2 Å². The largest absolute Gasteiger partial charge is 0.339 e. The van der Waals surface area contributed by atoms with Gasteiger partial charge in [-0.05, 0) is 55.5 Å². The summed E-state index contributed by atoms with van der Waals surface area (Å²) in [5, 5.41) is 11.6. The van der Waals surface area contributed by atoms with Crippen LogP contribution in [0.3, 0.4) is 0 Å². The molecule has 1 saturated heterocycles. The Balaban J connectivity index is 1.58. The molecule has 0 spiro atoms. The average Bonchev–Trinajstić information content (AvgIpc) is 2.64. The van der Waals surface area contributed by atoms with E-state index in [9.17, 15) is 4.79 Å². The van der Waals surface area contributed by atoms with Crippen LogP contribution < -0.4 is 5.32 Å². The van der Waals surface area contributed by atoms with Gasteiger partial charge >= 0.3 is 0 Å². The molecular formula is C18H21N5O.